The summed E-state index contributed by atoms with van der Waals surface area (Å²) in [7, 11) is 0. The van der Waals surface area contributed by atoms with Crippen LogP contribution >= 0.6 is 0 Å². The first kappa shape index (κ1) is 14.8. The predicted molar refractivity (Wildman–Crippen MR) is 86.2 cm³/mol. The van der Waals surface area contributed by atoms with Crippen LogP contribution in [0.4, 0.5) is 4.39 Å². The van der Waals surface area contributed by atoms with E-state index >= 15 is 0 Å². The highest BCUT2D eigenvalue weighted by atomic mass is 19.1. The number of rotatable bonds is 2. The van der Waals surface area contributed by atoms with Gasteiger partial charge in [-0.15, -0.1) is 0 Å². The van der Waals surface area contributed by atoms with Crippen LogP contribution in [0.5, 0.6) is 0 Å². The van der Waals surface area contributed by atoms with Crippen LogP contribution < -0.4 is 0 Å². The van der Waals surface area contributed by atoms with Gasteiger partial charge in [-0.1, -0.05) is 43.2 Å². The number of halogens is 1. The van der Waals surface area contributed by atoms with Crippen LogP contribution in [0, 0.1) is 5.82 Å². The van der Waals surface area contributed by atoms with Crippen molar-refractivity contribution in [2.45, 2.75) is 25.7 Å². The predicted octanol–water partition coefficient (Wildman–Crippen LogP) is 4.51. The van der Waals surface area contributed by atoms with Crippen LogP contribution in [0.15, 0.2) is 48.5 Å². The van der Waals surface area contributed by atoms with Gasteiger partial charge in [0, 0.05) is 24.2 Å². The third kappa shape index (κ3) is 3.19. The van der Waals surface area contributed by atoms with E-state index in [1.807, 2.05) is 23.1 Å². The van der Waals surface area contributed by atoms with E-state index < -0.39 is 0 Å². The number of nitrogens with zero attached hydrogens (tertiary/aromatic N) is 1. The Morgan fingerprint density at radius 3 is 2.14 bits per heavy atom. The highest BCUT2D eigenvalue weighted by molar-refractivity contribution is 5.94. The second kappa shape index (κ2) is 6.73. The maximum absolute atomic E-state index is 13.8. The van der Waals surface area contributed by atoms with E-state index in [0.717, 1.165) is 31.5 Å². The summed E-state index contributed by atoms with van der Waals surface area (Å²) in [6.45, 7) is 1.68. The van der Waals surface area contributed by atoms with Crippen LogP contribution in [-0.2, 0) is 0 Å². The lowest BCUT2D eigenvalue weighted by atomic mass is 10.0. The third-order valence-electron chi connectivity index (χ3n) is 4.21. The van der Waals surface area contributed by atoms with Crippen molar-refractivity contribution in [3.8, 4) is 11.1 Å². The lowest BCUT2D eigenvalue weighted by Gasteiger charge is -2.20. The van der Waals surface area contributed by atoms with E-state index in [4.69, 9.17) is 0 Å². The molecule has 1 aliphatic heterocycles. The first-order valence-electron chi connectivity index (χ1n) is 7.90. The fourth-order valence-electron chi connectivity index (χ4n) is 2.94. The van der Waals surface area contributed by atoms with Gasteiger partial charge >= 0.3 is 0 Å². The Hall–Kier alpha value is -2.16. The monoisotopic (exact) mass is 297 g/mol. The lowest BCUT2D eigenvalue weighted by Crippen LogP contribution is -2.31. The summed E-state index contributed by atoms with van der Waals surface area (Å²) in [6, 6.07) is 13.9. The average Bonchev–Trinajstić information content (AvgIpc) is 2.84. The van der Waals surface area contributed by atoms with Gasteiger partial charge in [-0.3, -0.25) is 4.79 Å². The second-order valence-electron chi connectivity index (χ2n) is 5.76. The number of carbonyl (C=O) groups is 1. The molecule has 2 aromatic carbocycles. The van der Waals surface area contributed by atoms with Crippen LogP contribution in [-0.4, -0.2) is 23.9 Å². The zero-order valence-corrected chi connectivity index (χ0v) is 12.6. The Kier molecular flexibility index (Phi) is 4.52. The van der Waals surface area contributed by atoms with E-state index in [1.165, 1.54) is 18.9 Å². The van der Waals surface area contributed by atoms with Crippen molar-refractivity contribution in [1.82, 2.24) is 4.90 Å². The maximum atomic E-state index is 13.8. The summed E-state index contributed by atoms with van der Waals surface area (Å²) in [5, 5.41) is 0. The molecule has 0 spiro atoms. The van der Waals surface area contributed by atoms with Crippen molar-refractivity contribution in [3.05, 3.63) is 59.9 Å². The molecule has 0 saturated carbocycles. The molecule has 0 bridgehead atoms. The molecule has 2 aromatic rings. The average molecular weight is 297 g/mol. The zero-order chi connectivity index (χ0) is 15.4. The fraction of sp³-hybridized carbons (Fsp3) is 0.316. The van der Waals surface area contributed by atoms with E-state index in [9.17, 15) is 9.18 Å². The topological polar surface area (TPSA) is 20.3 Å². The van der Waals surface area contributed by atoms with Crippen molar-refractivity contribution in [2.75, 3.05) is 13.1 Å². The smallest absolute Gasteiger partial charge is 0.253 e. The van der Waals surface area contributed by atoms with E-state index in [-0.39, 0.29) is 11.7 Å². The number of hydrogen-bond acceptors (Lipinski definition) is 1. The summed E-state index contributed by atoms with van der Waals surface area (Å²) in [4.78, 5) is 14.5. The number of amides is 1. The largest absolute Gasteiger partial charge is 0.339 e. The molecule has 3 heteroatoms. The van der Waals surface area contributed by atoms with Gasteiger partial charge in [0.1, 0.15) is 5.82 Å². The Morgan fingerprint density at radius 1 is 0.864 bits per heavy atom. The van der Waals surface area contributed by atoms with Crippen molar-refractivity contribution < 1.29 is 9.18 Å². The third-order valence-corrected chi connectivity index (χ3v) is 4.21. The van der Waals surface area contributed by atoms with Crippen molar-refractivity contribution in [1.29, 1.82) is 0 Å². The standard InChI is InChI=1S/C19H20FNO/c20-18-8-4-3-7-17(18)15-9-11-16(12-10-15)19(22)21-13-5-1-2-6-14-21/h3-4,7-12H,1-2,5-6,13-14H2. The molecule has 1 saturated heterocycles. The molecule has 0 radical (unpaired) electrons. The number of likely N-dealkylation sites (tertiary alicyclic amines) is 1. The van der Waals surface area contributed by atoms with Gasteiger partial charge in [0.15, 0.2) is 0 Å². The van der Waals surface area contributed by atoms with Crippen molar-refractivity contribution in [3.63, 3.8) is 0 Å². The molecule has 0 aliphatic carbocycles. The lowest BCUT2D eigenvalue weighted by molar-refractivity contribution is 0.0761. The quantitative estimate of drug-likeness (QED) is 0.798. The number of benzene rings is 2. The highest BCUT2D eigenvalue weighted by Gasteiger charge is 2.17. The van der Waals surface area contributed by atoms with Crippen LogP contribution in [0.1, 0.15) is 36.0 Å². The Balaban J connectivity index is 1.79. The van der Waals surface area contributed by atoms with Crippen LogP contribution in [0.25, 0.3) is 11.1 Å². The molecule has 0 unspecified atom stereocenters. The molecular weight excluding hydrogens is 277 g/mol. The summed E-state index contributed by atoms with van der Waals surface area (Å²) in [6.07, 6.45) is 4.57. The maximum Gasteiger partial charge on any atom is 0.253 e. The molecule has 22 heavy (non-hydrogen) atoms. The molecule has 3 rings (SSSR count). The van der Waals surface area contributed by atoms with E-state index in [0.29, 0.717) is 11.1 Å². The molecule has 114 valence electrons. The Bertz CT molecular complexity index is 643. The van der Waals surface area contributed by atoms with Gasteiger partial charge in [0.2, 0.25) is 0 Å². The molecular formula is C19H20FNO. The van der Waals surface area contributed by atoms with Crippen molar-refractivity contribution in [2.24, 2.45) is 0 Å². The minimum Gasteiger partial charge on any atom is -0.339 e. The molecule has 1 fully saturated rings. The molecule has 1 aliphatic rings. The van der Waals surface area contributed by atoms with Gasteiger partial charge in [-0.05, 0) is 36.6 Å². The van der Waals surface area contributed by atoms with Gasteiger partial charge in [-0.25, -0.2) is 4.39 Å². The first-order valence-corrected chi connectivity index (χ1v) is 7.90. The number of hydrogen-bond donors (Lipinski definition) is 0. The van der Waals surface area contributed by atoms with Gasteiger partial charge in [-0.2, -0.15) is 0 Å². The molecule has 2 nitrogen and oxygen atoms in total. The summed E-state index contributed by atoms with van der Waals surface area (Å²) >= 11 is 0. The van der Waals surface area contributed by atoms with E-state index in [2.05, 4.69) is 0 Å². The van der Waals surface area contributed by atoms with Gasteiger partial charge in [0.05, 0.1) is 0 Å². The summed E-state index contributed by atoms with van der Waals surface area (Å²) < 4.78 is 13.8. The Labute approximate surface area is 130 Å². The summed E-state index contributed by atoms with van der Waals surface area (Å²) in [5.74, 6) is -0.156. The molecule has 0 N–H and O–H groups in total. The van der Waals surface area contributed by atoms with Crippen molar-refractivity contribution >= 4 is 5.91 Å². The van der Waals surface area contributed by atoms with Crippen LogP contribution in [0.3, 0.4) is 0 Å². The fourth-order valence-corrected chi connectivity index (χ4v) is 2.94. The zero-order valence-electron chi connectivity index (χ0n) is 12.6. The second-order valence-corrected chi connectivity index (χ2v) is 5.76. The molecule has 0 atom stereocenters. The van der Waals surface area contributed by atoms with E-state index in [1.54, 1.807) is 24.3 Å². The molecule has 1 amide bonds. The van der Waals surface area contributed by atoms with Gasteiger partial charge in [0.25, 0.3) is 5.91 Å². The minimum atomic E-state index is -0.242. The molecule has 1 heterocycles. The first-order chi connectivity index (χ1) is 10.8. The SMILES string of the molecule is O=C(c1ccc(-c2ccccc2F)cc1)N1CCCCCC1. The minimum absolute atomic E-state index is 0.0852. The summed E-state index contributed by atoms with van der Waals surface area (Å²) in [5.41, 5.74) is 2.05. The normalized spacial score (nSPS) is 15.4. The molecule has 0 aromatic heterocycles. The van der Waals surface area contributed by atoms with Crippen LogP contribution in [0.2, 0.25) is 0 Å². The Morgan fingerprint density at radius 2 is 1.50 bits per heavy atom. The number of carbonyl (C=O) groups excluding carboxylic acids is 1. The highest BCUT2D eigenvalue weighted by Crippen LogP contribution is 2.23. The van der Waals surface area contributed by atoms with Gasteiger partial charge < -0.3 is 4.90 Å².